The van der Waals surface area contributed by atoms with Crippen molar-refractivity contribution in [3.63, 3.8) is 0 Å². The van der Waals surface area contributed by atoms with Gasteiger partial charge in [-0.15, -0.1) is 0 Å². The molecular weight excluding hydrogens is 208 g/mol. The summed E-state index contributed by atoms with van der Waals surface area (Å²) in [7, 11) is 0. The first-order valence-corrected chi connectivity index (χ1v) is 6.44. The van der Waals surface area contributed by atoms with Crippen LogP contribution in [0.5, 0.6) is 0 Å². The molecule has 0 spiro atoms. The maximum atomic E-state index is 9.10. The highest BCUT2D eigenvalue weighted by atomic mass is 14.9. The lowest BCUT2D eigenvalue weighted by atomic mass is 10.0. The van der Waals surface area contributed by atoms with E-state index < -0.39 is 0 Å². The summed E-state index contributed by atoms with van der Waals surface area (Å²) in [5.74, 6) is 0. The van der Waals surface area contributed by atoms with Crippen molar-refractivity contribution in [3.8, 4) is 6.07 Å². The summed E-state index contributed by atoms with van der Waals surface area (Å²) in [4.78, 5) is 0. The average molecular weight is 228 g/mol. The van der Waals surface area contributed by atoms with Crippen LogP contribution in [0, 0.1) is 23.7 Å². The summed E-state index contributed by atoms with van der Waals surface area (Å²) in [6.45, 7) is 5.27. The van der Waals surface area contributed by atoms with Gasteiger partial charge in [0, 0.05) is 6.54 Å². The first kappa shape index (κ1) is 12.0. The maximum absolute atomic E-state index is 9.10. The van der Waals surface area contributed by atoms with Crippen molar-refractivity contribution in [2.45, 2.75) is 39.5 Å². The first-order valence-electron chi connectivity index (χ1n) is 6.44. The molecule has 2 rings (SSSR count). The second-order valence-electron chi connectivity index (χ2n) is 5.26. The summed E-state index contributed by atoms with van der Waals surface area (Å²) in [6, 6.07) is 8.29. The molecule has 0 atom stereocenters. The Kier molecular flexibility index (Phi) is 3.38. The Hall–Kier alpha value is -1.49. The van der Waals surface area contributed by atoms with Crippen LogP contribution in [0.1, 0.15) is 43.7 Å². The van der Waals surface area contributed by atoms with Crippen LogP contribution >= 0.6 is 0 Å². The van der Waals surface area contributed by atoms with E-state index in [-0.39, 0.29) is 0 Å². The molecule has 2 nitrogen and oxygen atoms in total. The SMILES string of the molecule is CCCC1(CNc2ccc(C)cc2C#N)CC1. The second kappa shape index (κ2) is 4.79. The van der Waals surface area contributed by atoms with Gasteiger partial charge in [0.1, 0.15) is 6.07 Å². The molecule has 0 heterocycles. The van der Waals surface area contributed by atoms with Crippen LogP contribution in [-0.4, -0.2) is 6.54 Å². The summed E-state index contributed by atoms with van der Waals surface area (Å²) in [5, 5.41) is 12.6. The van der Waals surface area contributed by atoms with Crippen molar-refractivity contribution in [3.05, 3.63) is 29.3 Å². The van der Waals surface area contributed by atoms with E-state index in [0.717, 1.165) is 23.4 Å². The molecule has 2 heteroatoms. The predicted octanol–water partition coefficient (Wildman–Crippen LogP) is 3.86. The Morgan fingerprint density at radius 3 is 2.76 bits per heavy atom. The molecule has 0 aliphatic heterocycles. The van der Waals surface area contributed by atoms with E-state index in [9.17, 15) is 0 Å². The van der Waals surface area contributed by atoms with Crippen molar-refractivity contribution in [1.29, 1.82) is 5.26 Å². The Morgan fingerprint density at radius 2 is 2.18 bits per heavy atom. The third-order valence-corrected chi connectivity index (χ3v) is 3.69. The molecule has 1 aliphatic rings. The first-order chi connectivity index (χ1) is 8.19. The number of nitrogens with one attached hydrogen (secondary N) is 1. The van der Waals surface area contributed by atoms with Crippen LogP contribution < -0.4 is 5.32 Å². The number of nitriles is 1. The highest BCUT2D eigenvalue weighted by Crippen LogP contribution is 2.49. The fourth-order valence-electron chi connectivity index (χ4n) is 2.41. The van der Waals surface area contributed by atoms with Crippen LogP contribution in [0.4, 0.5) is 5.69 Å². The van der Waals surface area contributed by atoms with Gasteiger partial charge in [-0.05, 0) is 49.3 Å². The summed E-state index contributed by atoms with van der Waals surface area (Å²) in [5.41, 5.74) is 3.41. The van der Waals surface area contributed by atoms with E-state index >= 15 is 0 Å². The second-order valence-corrected chi connectivity index (χ2v) is 5.26. The summed E-state index contributed by atoms with van der Waals surface area (Å²) >= 11 is 0. The molecule has 1 aromatic rings. The fourth-order valence-corrected chi connectivity index (χ4v) is 2.41. The molecule has 1 aromatic carbocycles. The van der Waals surface area contributed by atoms with Gasteiger partial charge in [0.15, 0.2) is 0 Å². The van der Waals surface area contributed by atoms with E-state index in [1.165, 1.54) is 25.7 Å². The normalized spacial score (nSPS) is 16.3. The van der Waals surface area contributed by atoms with Crippen LogP contribution in [0.15, 0.2) is 18.2 Å². The summed E-state index contributed by atoms with van der Waals surface area (Å²) < 4.78 is 0. The van der Waals surface area contributed by atoms with Gasteiger partial charge in [0.05, 0.1) is 11.3 Å². The smallest absolute Gasteiger partial charge is 0.101 e. The van der Waals surface area contributed by atoms with Crippen LogP contribution in [-0.2, 0) is 0 Å². The van der Waals surface area contributed by atoms with Gasteiger partial charge in [-0.1, -0.05) is 19.4 Å². The molecule has 0 unspecified atom stereocenters. The van der Waals surface area contributed by atoms with E-state index in [0.29, 0.717) is 5.41 Å². The molecule has 1 fully saturated rings. The maximum Gasteiger partial charge on any atom is 0.101 e. The van der Waals surface area contributed by atoms with Crippen molar-refractivity contribution in [2.75, 3.05) is 11.9 Å². The van der Waals surface area contributed by atoms with Gasteiger partial charge in [-0.25, -0.2) is 0 Å². The molecule has 0 amide bonds. The van der Waals surface area contributed by atoms with Gasteiger partial charge in [-0.3, -0.25) is 0 Å². The van der Waals surface area contributed by atoms with Crippen molar-refractivity contribution in [1.82, 2.24) is 0 Å². The zero-order valence-electron chi connectivity index (χ0n) is 10.7. The van der Waals surface area contributed by atoms with E-state index in [4.69, 9.17) is 5.26 Å². The summed E-state index contributed by atoms with van der Waals surface area (Å²) in [6.07, 6.45) is 5.22. The molecule has 0 aromatic heterocycles. The van der Waals surface area contributed by atoms with Gasteiger partial charge < -0.3 is 5.32 Å². The number of nitrogens with zero attached hydrogens (tertiary/aromatic N) is 1. The van der Waals surface area contributed by atoms with Crippen LogP contribution in [0.2, 0.25) is 0 Å². The van der Waals surface area contributed by atoms with Gasteiger partial charge >= 0.3 is 0 Å². The number of benzene rings is 1. The average Bonchev–Trinajstić information content (AvgIpc) is 3.08. The molecule has 0 bridgehead atoms. The zero-order valence-corrected chi connectivity index (χ0v) is 10.7. The van der Waals surface area contributed by atoms with Crippen molar-refractivity contribution < 1.29 is 0 Å². The number of aryl methyl sites for hydroxylation is 1. The fraction of sp³-hybridized carbons (Fsp3) is 0.533. The highest BCUT2D eigenvalue weighted by molar-refractivity contribution is 5.58. The lowest BCUT2D eigenvalue weighted by Crippen LogP contribution is -2.15. The minimum absolute atomic E-state index is 0.520. The number of hydrogen-bond donors (Lipinski definition) is 1. The Labute approximate surface area is 104 Å². The van der Waals surface area contributed by atoms with E-state index in [1.807, 2.05) is 19.1 Å². The lowest BCUT2D eigenvalue weighted by molar-refractivity contribution is 0.485. The minimum Gasteiger partial charge on any atom is -0.383 e. The Balaban J connectivity index is 2.02. The van der Waals surface area contributed by atoms with E-state index in [2.05, 4.69) is 24.4 Å². The molecule has 90 valence electrons. The van der Waals surface area contributed by atoms with Gasteiger partial charge in [0.25, 0.3) is 0 Å². The minimum atomic E-state index is 0.520. The molecule has 0 saturated heterocycles. The molecule has 1 aliphatic carbocycles. The highest BCUT2D eigenvalue weighted by Gasteiger charge is 2.41. The predicted molar refractivity (Wildman–Crippen MR) is 71.0 cm³/mol. The molecule has 0 radical (unpaired) electrons. The topological polar surface area (TPSA) is 35.8 Å². The zero-order chi connectivity index (χ0) is 12.3. The third kappa shape index (κ3) is 2.79. The van der Waals surface area contributed by atoms with Crippen LogP contribution in [0.3, 0.4) is 0 Å². The van der Waals surface area contributed by atoms with Crippen LogP contribution in [0.25, 0.3) is 0 Å². The molecule has 1 saturated carbocycles. The largest absolute Gasteiger partial charge is 0.383 e. The van der Waals surface area contributed by atoms with E-state index in [1.54, 1.807) is 0 Å². The standard InChI is InChI=1S/C15H20N2/c1-3-6-15(7-8-15)11-17-14-5-4-12(2)9-13(14)10-16/h4-5,9,17H,3,6-8,11H2,1-2H3. The van der Waals surface area contributed by atoms with Crippen molar-refractivity contribution >= 4 is 5.69 Å². The monoisotopic (exact) mass is 228 g/mol. The number of anilines is 1. The van der Waals surface area contributed by atoms with Gasteiger partial charge in [0.2, 0.25) is 0 Å². The van der Waals surface area contributed by atoms with Gasteiger partial charge in [-0.2, -0.15) is 5.26 Å². The Bertz CT molecular complexity index is 439. The lowest BCUT2D eigenvalue weighted by Gasteiger charge is -2.16. The third-order valence-electron chi connectivity index (χ3n) is 3.69. The quantitative estimate of drug-likeness (QED) is 0.830. The number of rotatable bonds is 5. The molecule has 1 N–H and O–H groups in total. The number of hydrogen-bond acceptors (Lipinski definition) is 2. The molecule has 17 heavy (non-hydrogen) atoms. The van der Waals surface area contributed by atoms with Crippen molar-refractivity contribution in [2.24, 2.45) is 5.41 Å². The Morgan fingerprint density at radius 1 is 1.41 bits per heavy atom. The molecular formula is C15H20N2.